The lowest BCUT2D eigenvalue weighted by Crippen LogP contribution is -2.30. The number of hydrogen-bond acceptors (Lipinski definition) is 5. The molecule has 142 valence electrons. The molecule has 0 aliphatic heterocycles. The number of aryl methyl sites for hydroxylation is 2. The molecule has 1 aromatic carbocycles. The lowest BCUT2D eigenvalue weighted by Gasteiger charge is -2.20. The van der Waals surface area contributed by atoms with Gasteiger partial charge in [0.1, 0.15) is 5.15 Å². The van der Waals surface area contributed by atoms with Gasteiger partial charge in [-0.25, -0.2) is 4.98 Å². The second kappa shape index (κ2) is 9.37. The maximum Gasteiger partial charge on any atom is 0.294 e. The third-order valence-electron chi connectivity index (χ3n) is 3.98. The summed E-state index contributed by atoms with van der Waals surface area (Å²) in [7, 11) is 3.20. The van der Waals surface area contributed by atoms with E-state index in [1.807, 2.05) is 26.0 Å². The lowest BCUT2D eigenvalue weighted by atomic mass is 10.1. The summed E-state index contributed by atoms with van der Waals surface area (Å²) < 4.78 is 11.9. The van der Waals surface area contributed by atoms with Gasteiger partial charge < -0.3 is 19.4 Å². The number of benzene rings is 1. The topological polar surface area (TPSA) is 65.4 Å². The first-order valence-electron chi connectivity index (χ1n) is 8.17. The van der Waals surface area contributed by atoms with Gasteiger partial charge in [0.25, 0.3) is 5.56 Å². The van der Waals surface area contributed by atoms with Crippen LogP contribution in [0.1, 0.15) is 23.6 Å². The predicted octanol–water partition coefficient (Wildman–Crippen LogP) is 4.13. The molecular formula is C18H23Cl2N3O3. The number of anilines is 2. The largest absolute Gasteiger partial charge is 0.385 e. The standard InChI is InChI=1S/C18H23Cl2N3O3/c1-11-7-12(2)16(14(19)8-11)22-17-18(24)23(9-15(20)21-17)13(10-26-4)5-6-25-3/h7-9,13H,5-6,10H2,1-4H3,(H,21,22). The molecule has 2 rings (SSSR count). The van der Waals surface area contributed by atoms with E-state index in [0.29, 0.717) is 30.3 Å². The second-order valence-corrected chi connectivity index (χ2v) is 6.87. The van der Waals surface area contributed by atoms with Crippen LogP contribution < -0.4 is 10.9 Å². The molecule has 1 aromatic heterocycles. The van der Waals surface area contributed by atoms with Gasteiger partial charge in [-0.05, 0) is 37.5 Å². The highest BCUT2D eigenvalue weighted by Crippen LogP contribution is 2.29. The Kier molecular flexibility index (Phi) is 7.46. The van der Waals surface area contributed by atoms with E-state index in [2.05, 4.69) is 10.3 Å². The van der Waals surface area contributed by atoms with Gasteiger partial charge in [0, 0.05) is 27.0 Å². The van der Waals surface area contributed by atoms with Crippen molar-refractivity contribution >= 4 is 34.7 Å². The molecule has 26 heavy (non-hydrogen) atoms. The van der Waals surface area contributed by atoms with E-state index < -0.39 is 0 Å². The Hall–Kier alpha value is -1.60. The number of nitrogens with one attached hydrogen (secondary N) is 1. The minimum atomic E-state index is -0.302. The summed E-state index contributed by atoms with van der Waals surface area (Å²) in [6.07, 6.45) is 2.12. The molecule has 0 saturated carbocycles. The zero-order valence-electron chi connectivity index (χ0n) is 15.3. The van der Waals surface area contributed by atoms with Gasteiger partial charge in [0.05, 0.1) is 23.4 Å². The molecule has 2 aromatic rings. The average Bonchev–Trinajstić information content (AvgIpc) is 2.57. The zero-order chi connectivity index (χ0) is 19.3. The molecule has 0 amide bonds. The van der Waals surface area contributed by atoms with Gasteiger partial charge in [-0.2, -0.15) is 0 Å². The molecule has 0 aliphatic carbocycles. The summed E-state index contributed by atoms with van der Waals surface area (Å²) in [5, 5.41) is 3.75. The van der Waals surface area contributed by atoms with Gasteiger partial charge in [-0.1, -0.05) is 29.3 Å². The van der Waals surface area contributed by atoms with Crippen molar-refractivity contribution in [3.8, 4) is 0 Å². The minimum Gasteiger partial charge on any atom is -0.385 e. The van der Waals surface area contributed by atoms with Gasteiger partial charge in [-0.15, -0.1) is 0 Å². The Morgan fingerprint density at radius 1 is 1.23 bits per heavy atom. The fourth-order valence-electron chi connectivity index (χ4n) is 2.77. The maximum absolute atomic E-state index is 12.9. The Labute approximate surface area is 163 Å². The smallest absolute Gasteiger partial charge is 0.294 e. The maximum atomic E-state index is 12.9. The van der Waals surface area contributed by atoms with Crippen LogP contribution >= 0.6 is 23.2 Å². The highest BCUT2D eigenvalue weighted by molar-refractivity contribution is 6.33. The van der Waals surface area contributed by atoms with Crippen LogP contribution in [0.25, 0.3) is 0 Å². The highest BCUT2D eigenvalue weighted by Gasteiger charge is 2.18. The molecule has 0 radical (unpaired) electrons. The van der Waals surface area contributed by atoms with Crippen molar-refractivity contribution < 1.29 is 9.47 Å². The lowest BCUT2D eigenvalue weighted by molar-refractivity contribution is 0.119. The van der Waals surface area contributed by atoms with Gasteiger partial charge in [0.2, 0.25) is 0 Å². The van der Waals surface area contributed by atoms with E-state index in [9.17, 15) is 4.79 Å². The summed E-state index contributed by atoms with van der Waals surface area (Å²) >= 11 is 12.5. The van der Waals surface area contributed by atoms with Crippen molar-refractivity contribution in [3.05, 3.63) is 50.0 Å². The average molecular weight is 400 g/mol. The van der Waals surface area contributed by atoms with Crippen molar-refractivity contribution in [2.24, 2.45) is 0 Å². The fourth-order valence-corrected chi connectivity index (χ4v) is 3.33. The molecule has 6 nitrogen and oxygen atoms in total. The Morgan fingerprint density at radius 3 is 2.58 bits per heavy atom. The van der Waals surface area contributed by atoms with E-state index in [1.165, 1.54) is 10.8 Å². The summed E-state index contributed by atoms with van der Waals surface area (Å²) in [4.78, 5) is 17.1. The van der Waals surface area contributed by atoms with Crippen molar-refractivity contribution in [1.29, 1.82) is 0 Å². The van der Waals surface area contributed by atoms with Crippen LogP contribution in [0.5, 0.6) is 0 Å². The molecule has 1 atom stereocenters. The number of hydrogen-bond donors (Lipinski definition) is 1. The first-order chi connectivity index (χ1) is 12.4. The number of aromatic nitrogens is 2. The molecule has 1 unspecified atom stereocenters. The molecule has 0 bridgehead atoms. The minimum absolute atomic E-state index is 0.116. The van der Waals surface area contributed by atoms with E-state index in [-0.39, 0.29) is 22.6 Å². The molecule has 1 heterocycles. The quantitative estimate of drug-likeness (QED) is 0.722. The summed E-state index contributed by atoms with van der Waals surface area (Å²) in [5.41, 5.74) is 2.28. The van der Waals surface area contributed by atoms with E-state index in [1.54, 1.807) is 14.2 Å². The van der Waals surface area contributed by atoms with Crippen LogP contribution in [-0.4, -0.2) is 37.0 Å². The van der Waals surface area contributed by atoms with E-state index in [0.717, 1.165) is 11.1 Å². The Morgan fingerprint density at radius 2 is 1.96 bits per heavy atom. The zero-order valence-corrected chi connectivity index (χ0v) is 16.8. The molecular weight excluding hydrogens is 377 g/mol. The van der Waals surface area contributed by atoms with Crippen LogP contribution in [0, 0.1) is 13.8 Å². The molecule has 8 heteroatoms. The monoisotopic (exact) mass is 399 g/mol. The molecule has 0 spiro atoms. The Bertz CT molecular complexity index is 801. The molecule has 0 saturated heterocycles. The fraction of sp³-hybridized carbons (Fsp3) is 0.444. The first-order valence-corrected chi connectivity index (χ1v) is 8.93. The second-order valence-electron chi connectivity index (χ2n) is 6.08. The third kappa shape index (κ3) is 4.98. The van der Waals surface area contributed by atoms with Crippen LogP contribution in [-0.2, 0) is 9.47 Å². The summed E-state index contributed by atoms with van der Waals surface area (Å²) in [6.45, 7) is 4.72. The molecule has 0 aliphatic rings. The van der Waals surface area contributed by atoms with Crippen molar-refractivity contribution in [2.45, 2.75) is 26.3 Å². The summed E-state index contributed by atoms with van der Waals surface area (Å²) in [5.74, 6) is 0.116. The van der Waals surface area contributed by atoms with Crippen molar-refractivity contribution in [1.82, 2.24) is 9.55 Å². The van der Waals surface area contributed by atoms with Crippen LogP contribution in [0.4, 0.5) is 11.5 Å². The summed E-state index contributed by atoms with van der Waals surface area (Å²) in [6, 6.07) is 3.58. The number of rotatable bonds is 8. The van der Waals surface area contributed by atoms with Gasteiger partial charge in [-0.3, -0.25) is 4.79 Å². The van der Waals surface area contributed by atoms with E-state index in [4.69, 9.17) is 32.7 Å². The van der Waals surface area contributed by atoms with E-state index >= 15 is 0 Å². The Balaban J connectivity index is 2.45. The normalized spacial score (nSPS) is 12.2. The third-order valence-corrected chi connectivity index (χ3v) is 4.46. The van der Waals surface area contributed by atoms with Gasteiger partial charge >= 0.3 is 0 Å². The van der Waals surface area contributed by atoms with Crippen LogP contribution in [0.15, 0.2) is 23.1 Å². The van der Waals surface area contributed by atoms with Crippen LogP contribution in [0.3, 0.4) is 0 Å². The SMILES string of the molecule is COCCC(COC)n1cc(Cl)nc(Nc2c(C)cc(C)cc2Cl)c1=O. The number of halogens is 2. The van der Waals surface area contributed by atoms with Crippen molar-refractivity contribution in [2.75, 3.05) is 32.8 Å². The first kappa shape index (κ1) is 20.7. The van der Waals surface area contributed by atoms with Crippen LogP contribution in [0.2, 0.25) is 10.2 Å². The number of nitrogens with zero attached hydrogens (tertiary/aromatic N) is 2. The number of ether oxygens (including phenoxy) is 2. The van der Waals surface area contributed by atoms with Gasteiger partial charge in [0.15, 0.2) is 5.82 Å². The number of methoxy groups -OCH3 is 2. The van der Waals surface area contributed by atoms with Crippen molar-refractivity contribution in [3.63, 3.8) is 0 Å². The predicted molar refractivity (Wildman–Crippen MR) is 105 cm³/mol. The molecule has 0 fully saturated rings. The highest BCUT2D eigenvalue weighted by atomic mass is 35.5. The molecule has 1 N–H and O–H groups in total.